The van der Waals surface area contributed by atoms with Gasteiger partial charge in [-0.25, -0.2) is 0 Å². The molecule has 4 heteroatoms. The molecular weight excluding hydrogens is 324 g/mol. The summed E-state index contributed by atoms with van der Waals surface area (Å²) in [5.74, 6) is 0.0265. The van der Waals surface area contributed by atoms with Crippen LogP contribution in [-0.2, 0) is 11.3 Å². The highest BCUT2D eigenvalue weighted by Gasteiger charge is 2.39. The minimum absolute atomic E-state index is 0.00971. The molecule has 0 radical (unpaired) electrons. The molecule has 0 spiro atoms. The molecule has 2 aromatic carbocycles. The summed E-state index contributed by atoms with van der Waals surface area (Å²) in [6.45, 7) is 5.62. The average molecular weight is 350 g/mol. The number of benzene rings is 2. The Hall–Kier alpha value is -2.62. The maximum absolute atomic E-state index is 12.8. The van der Waals surface area contributed by atoms with Crippen LogP contribution in [0.5, 0.6) is 0 Å². The number of rotatable bonds is 4. The Morgan fingerprint density at radius 2 is 1.88 bits per heavy atom. The van der Waals surface area contributed by atoms with Crippen molar-refractivity contribution >= 4 is 11.8 Å². The Morgan fingerprint density at radius 3 is 2.62 bits per heavy atom. The van der Waals surface area contributed by atoms with Gasteiger partial charge in [-0.2, -0.15) is 0 Å². The lowest BCUT2D eigenvalue weighted by molar-refractivity contribution is -0.132. The normalized spacial score (nSPS) is 19.8. The van der Waals surface area contributed by atoms with Crippen LogP contribution in [0.3, 0.4) is 0 Å². The second-order valence-corrected chi connectivity index (χ2v) is 7.43. The highest BCUT2D eigenvalue weighted by atomic mass is 16.2. The number of amides is 2. The van der Waals surface area contributed by atoms with Gasteiger partial charge in [-0.3, -0.25) is 9.59 Å². The summed E-state index contributed by atoms with van der Waals surface area (Å²) in [6.07, 6.45) is 1.64. The maximum Gasteiger partial charge on any atom is 0.253 e. The van der Waals surface area contributed by atoms with E-state index in [2.05, 4.69) is 5.32 Å². The highest BCUT2D eigenvalue weighted by molar-refractivity contribution is 5.95. The van der Waals surface area contributed by atoms with Crippen LogP contribution >= 0.6 is 0 Å². The summed E-state index contributed by atoms with van der Waals surface area (Å²) in [5.41, 5.74) is 2.29. The van der Waals surface area contributed by atoms with Crippen LogP contribution in [0.25, 0.3) is 0 Å². The van der Waals surface area contributed by atoms with E-state index in [1.54, 1.807) is 0 Å². The number of aryl methyl sites for hydroxylation is 1. The van der Waals surface area contributed by atoms with Gasteiger partial charge in [-0.05, 0) is 44.4 Å². The minimum Gasteiger partial charge on any atom is -0.351 e. The third-order valence-corrected chi connectivity index (χ3v) is 5.09. The summed E-state index contributed by atoms with van der Waals surface area (Å²) in [5, 5.41) is 3.04. The maximum atomic E-state index is 12.8. The molecule has 1 atom stereocenters. The fraction of sp³-hybridized carbons (Fsp3) is 0.364. The predicted molar refractivity (Wildman–Crippen MR) is 103 cm³/mol. The number of carbonyl (C=O) groups excluding carboxylic acids is 2. The quantitative estimate of drug-likeness (QED) is 0.917. The summed E-state index contributed by atoms with van der Waals surface area (Å²) >= 11 is 0. The molecule has 0 unspecified atom stereocenters. The molecule has 2 aromatic rings. The van der Waals surface area contributed by atoms with Crippen molar-refractivity contribution in [2.24, 2.45) is 5.41 Å². The van der Waals surface area contributed by atoms with E-state index in [9.17, 15) is 9.59 Å². The molecule has 0 saturated carbocycles. The molecule has 3 rings (SSSR count). The summed E-state index contributed by atoms with van der Waals surface area (Å²) in [7, 11) is 0. The Morgan fingerprint density at radius 1 is 1.12 bits per heavy atom. The van der Waals surface area contributed by atoms with Crippen molar-refractivity contribution in [2.75, 3.05) is 13.1 Å². The second-order valence-electron chi connectivity index (χ2n) is 7.43. The summed E-state index contributed by atoms with van der Waals surface area (Å²) in [4.78, 5) is 27.5. The van der Waals surface area contributed by atoms with E-state index in [-0.39, 0.29) is 11.8 Å². The molecule has 1 aliphatic rings. The lowest BCUT2D eigenvalue weighted by Gasteiger charge is -2.39. The first-order valence-corrected chi connectivity index (χ1v) is 9.16. The van der Waals surface area contributed by atoms with E-state index >= 15 is 0 Å². The number of nitrogens with zero attached hydrogens (tertiary/aromatic N) is 1. The topological polar surface area (TPSA) is 49.4 Å². The minimum atomic E-state index is -0.549. The molecule has 0 aromatic heterocycles. The third kappa shape index (κ3) is 4.13. The van der Waals surface area contributed by atoms with Gasteiger partial charge < -0.3 is 10.2 Å². The molecule has 4 nitrogen and oxygen atoms in total. The Labute approximate surface area is 155 Å². The second kappa shape index (κ2) is 7.73. The van der Waals surface area contributed by atoms with Gasteiger partial charge in [0.05, 0.1) is 5.41 Å². The van der Waals surface area contributed by atoms with E-state index in [0.717, 1.165) is 24.0 Å². The van der Waals surface area contributed by atoms with Gasteiger partial charge in [0.1, 0.15) is 0 Å². The molecule has 2 amide bonds. The molecule has 1 saturated heterocycles. The first-order valence-electron chi connectivity index (χ1n) is 9.16. The van der Waals surface area contributed by atoms with E-state index < -0.39 is 5.41 Å². The van der Waals surface area contributed by atoms with Crippen LogP contribution < -0.4 is 5.32 Å². The Bertz CT molecular complexity index is 788. The highest BCUT2D eigenvalue weighted by Crippen LogP contribution is 2.30. The number of likely N-dealkylation sites (tertiary alicyclic amines) is 1. The van der Waals surface area contributed by atoms with Crippen molar-refractivity contribution in [2.45, 2.75) is 33.2 Å². The first kappa shape index (κ1) is 18.2. The van der Waals surface area contributed by atoms with Crippen LogP contribution in [0, 0.1) is 12.3 Å². The number of hydrogen-bond donors (Lipinski definition) is 1. The van der Waals surface area contributed by atoms with Crippen molar-refractivity contribution in [3.05, 3.63) is 71.3 Å². The van der Waals surface area contributed by atoms with Crippen LogP contribution in [0.2, 0.25) is 0 Å². The van der Waals surface area contributed by atoms with Gasteiger partial charge in [0.25, 0.3) is 5.91 Å². The number of piperidine rings is 1. The zero-order chi connectivity index (χ0) is 18.6. The van der Waals surface area contributed by atoms with Crippen LogP contribution in [-0.4, -0.2) is 29.8 Å². The predicted octanol–water partition coefficient (Wildman–Crippen LogP) is 3.55. The van der Waals surface area contributed by atoms with Gasteiger partial charge in [0.2, 0.25) is 5.91 Å². The molecule has 26 heavy (non-hydrogen) atoms. The van der Waals surface area contributed by atoms with Crippen LogP contribution in [0.1, 0.15) is 41.3 Å². The molecule has 0 bridgehead atoms. The molecule has 1 heterocycles. The summed E-state index contributed by atoms with van der Waals surface area (Å²) in [6, 6.07) is 17.5. The summed E-state index contributed by atoms with van der Waals surface area (Å²) < 4.78 is 0. The smallest absolute Gasteiger partial charge is 0.253 e. The van der Waals surface area contributed by atoms with E-state index in [0.29, 0.717) is 25.2 Å². The van der Waals surface area contributed by atoms with Gasteiger partial charge in [-0.15, -0.1) is 0 Å². The van der Waals surface area contributed by atoms with Gasteiger partial charge in [0.15, 0.2) is 0 Å². The van der Waals surface area contributed by atoms with Crippen molar-refractivity contribution in [1.29, 1.82) is 0 Å². The first-order chi connectivity index (χ1) is 12.5. The standard InChI is InChI=1S/C22H26N2O2/c1-17-8-6-11-19(14-17)20(25)24-13-7-12-22(2,16-24)21(26)23-15-18-9-4-3-5-10-18/h3-6,8-11,14H,7,12-13,15-16H2,1-2H3,(H,23,26)/t22-/m1/s1. The number of nitrogens with one attached hydrogen (secondary N) is 1. The van der Waals surface area contributed by atoms with E-state index in [1.807, 2.05) is 73.3 Å². The molecule has 136 valence electrons. The average Bonchev–Trinajstić information content (AvgIpc) is 2.66. The number of carbonyl (C=O) groups is 2. The van der Waals surface area contributed by atoms with Gasteiger partial charge in [-0.1, -0.05) is 48.0 Å². The largest absolute Gasteiger partial charge is 0.351 e. The molecular formula is C22H26N2O2. The Kier molecular flexibility index (Phi) is 5.40. The van der Waals surface area contributed by atoms with Crippen LogP contribution in [0.15, 0.2) is 54.6 Å². The van der Waals surface area contributed by atoms with E-state index in [4.69, 9.17) is 0 Å². The van der Waals surface area contributed by atoms with Gasteiger partial charge in [0, 0.05) is 25.2 Å². The lowest BCUT2D eigenvalue weighted by Crippen LogP contribution is -2.51. The lowest BCUT2D eigenvalue weighted by atomic mass is 9.80. The van der Waals surface area contributed by atoms with Crippen molar-refractivity contribution in [3.63, 3.8) is 0 Å². The van der Waals surface area contributed by atoms with E-state index in [1.165, 1.54) is 0 Å². The third-order valence-electron chi connectivity index (χ3n) is 5.09. The zero-order valence-corrected chi connectivity index (χ0v) is 15.5. The molecule has 1 N–H and O–H groups in total. The van der Waals surface area contributed by atoms with Crippen molar-refractivity contribution < 1.29 is 9.59 Å². The fourth-order valence-electron chi connectivity index (χ4n) is 3.55. The Balaban J connectivity index is 1.66. The molecule has 1 aliphatic heterocycles. The van der Waals surface area contributed by atoms with Crippen molar-refractivity contribution in [1.82, 2.24) is 10.2 Å². The molecule has 1 fully saturated rings. The monoisotopic (exact) mass is 350 g/mol. The number of hydrogen-bond acceptors (Lipinski definition) is 2. The zero-order valence-electron chi connectivity index (χ0n) is 15.5. The molecule has 0 aliphatic carbocycles. The van der Waals surface area contributed by atoms with Crippen molar-refractivity contribution in [3.8, 4) is 0 Å². The van der Waals surface area contributed by atoms with Crippen LogP contribution in [0.4, 0.5) is 0 Å². The SMILES string of the molecule is Cc1cccc(C(=O)N2CCC[C@@](C)(C(=O)NCc3ccccc3)C2)c1. The fourth-order valence-corrected chi connectivity index (χ4v) is 3.55. The van der Waals surface area contributed by atoms with Gasteiger partial charge >= 0.3 is 0 Å².